The van der Waals surface area contributed by atoms with Crippen molar-refractivity contribution in [2.45, 2.75) is 32.1 Å². The first kappa shape index (κ1) is 8.94. The lowest BCUT2D eigenvalue weighted by molar-refractivity contribution is 0.816. The molecule has 1 aromatic rings. The molecule has 0 aliphatic heterocycles. The summed E-state index contributed by atoms with van der Waals surface area (Å²) in [5.74, 6) is 0.455. The van der Waals surface area contributed by atoms with Crippen LogP contribution in [0.2, 0.25) is 0 Å². The fraction of sp³-hybridized carbons (Fsp3) is 0.714. The third-order valence-corrected chi connectivity index (χ3v) is 3.03. The summed E-state index contributed by atoms with van der Waals surface area (Å²) in [6.07, 6.45) is 0. The number of rotatable bonds is 2. The van der Waals surface area contributed by atoms with Crippen LogP contribution in [-0.4, -0.2) is 10.2 Å². The topological polar surface area (TPSA) is 25.8 Å². The highest BCUT2D eigenvalue weighted by atomic mass is 35.5. The van der Waals surface area contributed by atoms with E-state index in [0.29, 0.717) is 5.92 Å². The molecule has 0 aliphatic carbocycles. The molecule has 1 heterocycles. The molecule has 0 aromatic carbocycles. The van der Waals surface area contributed by atoms with Crippen LogP contribution in [0.15, 0.2) is 0 Å². The van der Waals surface area contributed by atoms with Crippen LogP contribution in [0, 0.1) is 0 Å². The van der Waals surface area contributed by atoms with Gasteiger partial charge in [-0.3, -0.25) is 0 Å². The zero-order valence-electron chi connectivity index (χ0n) is 6.84. The summed E-state index contributed by atoms with van der Waals surface area (Å²) >= 11 is 7.42. The number of nitrogens with zero attached hydrogens (tertiary/aromatic N) is 2. The first-order valence-electron chi connectivity index (χ1n) is 3.58. The van der Waals surface area contributed by atoms with Gasteiger partial charge in [-0.2, -0.15) is 0 Å². The summed E-state index contributed by atoms with van der Waals surface area (Å²) in [6.45, 7) is 6.11. The Morgan fingerprint density at radius 1 is 1.18 bits per heavy atom. The third-order valence-electron chi connectivity index (χ3n) is 1.29. The second kappa shape index (κ2) is 3.50. The molecule has 0 N–H and O–H groups in total. The van der Waals surface area contributed by atoms with E-state index in [-0.39, 0.29) is 5.38 Å². The van der Waals surface area contributed by atoms with Gasteiger partial charge in [0.2, 0.25) is 0 Å². The Balaban J connectivity index is 2.82. The van der Waals surface area contributed by atoms with Crippen molar-refractivity contribution in [1.29, 1.82) is 0 Å². The van der Waals surface area contributed by atoms with Crippen molar-refractivity contribution in [2.24, 2.45) is 0 Å². The molecule has 0 fully saturated rings. The molecule has 1 aromatic heterocycles. The van der Waals surface area contributed by atoms with Gasteiger partial charge in [0.25, 0.3) is 0 Å². The summed E-state index contributed by atoms with van der Waals surface area (Å²) in [4.78, 5) is 0. The van der Waals surface area contributed by atoms with Crippen molar-refractivity contribution >= 4 is 22.9 Å². The summed E-state index contributed by atoms with van der Waals surface area (Å²) in [5, 5.41) is 9.96. The van der Waals surface area contributed by atoms with Gasteiger partial charge in [-0.25, -0.2) is 0 Å². The fourth-order valence-corrected chi connectivity index (χ4v) is 1.59. The Morgan fingerprint density at radius 2 is 1.73 bits per heavy atom. The van der Waals surface area contributed by atoms with E-state index in [0.717, 1.165) is 10.0 Å². The molecule has 1 atom stereocenters. The lowest BCUT2D eigenvalue weighted by atomic mass is 10.2. The van der Waals surface area contributed by atoms with E-state index >= 15 is 0 Å². The Morgan fingerprint density at radius 3 is 2.00 bits per heavy atom. The quantitative estimate of drug-likeness (QED) is 0.671. The fourth-order valence-electron chi connectivity index (χ4n) is 0.641. The van der Waals surface area contributed by atoms with E-state index in [4.69, 9.17) is 11.6 Å². The predicted molar refractivity (Wildman–Crippen MR) is 48.3 cm³/mol. The van der Waals surface area contributed by atoms with Gasteiger partial charge in [0.1, 0.15) is 10.0 Å². The predicted octanol–water partition coefficient (Wildman–Crippen LogP) is 2.96. The SMILES string of the molecule is CC(C)c1nnc(C(C)Cl)s1. The van der Waals surface area contributed by atoms with Crippen LogP contribution >= 0.6 is 22.9 Å². The van der Waals surface area contributed by atoms with Gasteiger partial charge in [0, 0.05) is 5.92 Å². The monoisotopic (exact) mass is 190 g/mol. The van der Waals surface area contributed by atoms with E-state index in [2.05, 4.69) is 24.0 Å². The zero-order valence-corrected chi connectivity index (χ0v) is 8.41. The van der Waals surface area contributed by atoms with E-state index in [9.17, 15) is 0 Å². The summed E-state index contributed by atoms with van der Waals surface area (Å²) in [5.41, 5.74) is 0. The molecule has 0 bridgehead atoms. The van der Waals surface area contributed by atoms with Crippen LogP contribution in [-0.2, 0) is 0 Å². The first-order valence-corrected chi connectivity index (χ1v) is 4.84. The summed E-state index contributed by atoms with van der Waals surface area (Å²) in [6, 6.07) is 0. The molecule has 0 saturated heterocycles. The lowest BCUT2D eigenvalue weighted by Gasteiger charge is -1.94. The molecule has 0 spiro atoms. The smallest absolute Gasteiger partial charge is 0.135 e. The largest absolute Gasteiger partial charge is 0.143 e. The second-order valence-corrected chi connectivity index (χ2v) is 4.44. The highest BCUT2D eigenvalue weighted by Crippen LogP contribution is 2.26. The van der Waals surface area contributed by atoms with Crippen molar-refractivity contribution < 1.29 is 0 Å². The van der Waals surface area contributed by atoms with Crippen LogP contribution in [0.5, 0.6) is 0 Å². The van der Waals surface area contributed by atoms with Crippen molar-refractivity contribution in [3.63, 3.8) is 0 Å². The maximum absolute atomic E-state index is 5.83. The third kappa shape index (κ3) is 2.14. The molecule has 1 rings (SSSR count). The van der Waals surface area contributed by atoms with E-state index in [1.165, 1.54) is 0 Å². The highest BCUT2D eigenvalue weighted by molar-refractivity contribution is 7.11. The van der Waals surface area contributed by atoms with Gasteiger partial charge >= 0.3 is 0 Å². The van der Waals surface area contributed by atoms with Crippen LogP contribution in [0.25, 0.3) is 0 Å². The van der Waals surface area contributed by atoms with Crippen molar-refractivity contribution in [2.75, 3.05) is 0 Å². The molecule has 0 aliphatic rings. The van der Waals surface area contributed by atoms with Gasteiger partial charge in [-0.1, -0.05) is 25.2 Å². The summed E-state index contributed by atoms with van der Waals surface area (Å²) < 4.78 is 0. The molecule has 4 heteroatoms. The van der Waals surface area contributed by atoms with Gasteiger partial charge < -0.3 is 0 Å². The Labute approximate surface area is 75.6 Å². The van der Waals surface area contributed by atoms with Crippen LogP contribution in [0.4, 0.5) is 0 Å². The van der Waals surface area contributed by atoms with Gasteiger partial charge in [-0.15, -0.1) is 21.8 Å². The van der Waals surface area contributed by atoms with E-state index < -0.39 is 0 Å². The van der Waals surface area contributed by atoms with Crippen molar-refractivity contribution in [3.8, 4) is 0 Å². The minimum absolute atomic E-state index is 0.0139. The van der Waals surface area contributed by atoms with Gasteiger partial charge in [-0.05, 0) is 6.92 Å². The maximum atomic E-state index is 5.83. The van der Waals surface area contributed by atoms with Gasteiger partial charge in [0.15, 0.2) is 0 Å². The first-order chi connectivity index (χ1) is 5.11. The van der Waals surface area contributed by atoms with Crippen LogP contribution in [0.1, 0.15) is 42.1 Å². The summed E-state index contributed by atoms with van der Waals surface area (Å²) in [7, 11) is 0. The standard InChI is InChI=1S/C7H11ClN2S/c1-4(2)6-9-10-7(11-6)5(3)8/h4-5H,1-3H3. The maximum Gasteiger partial charge on any atom is 0.135 e. The molecule has 62 valence electrons. The Bertz CT molecular complexity index is 210. The molecule has 2 nitrogen and oxygen atoms in total. The minimum Gasteiger partial charge on any atom is -0.143 e. The highest BCUT2D eigenvalue weighted by Gasteiger charge is 2.10. The van der Waals surface area contributed by atoms with Gasteiger partial charge in [0.05, 0.1) is 5.38 Å². The number of alkyl halides is 1. The number of aromatic nitrogens is 2. The van der Waals surface area contributed by atoms with Crippen molar-refractivity contribution in [3.05, 3.63) is 10.0 Å². The molecule has 0 radical (unpaired) electrons. The second-order valence-electron chi connectivity index (χ2n) is 2.75. The Kier molecular flexibility index (Phi) is 2.84. The molecular formula is C7H11ClN2S. The molecular weight excluding hydrogens is 180 g/mol. The normalized spacial score (nSPS) is 13.9. The number of hydrogen-bond donors (Lipinski definition) is 0. The average molecular weight is 191 g/mol. The molecule has 0 amide bonds. The van der Waals surface area contributed by atoms with Crippen molar-refractivity contribution in [1.82, 2.24) is 10.2 Å². The van der Waals surface area contributed by atoms with Crippen LogP contribution < -0.4 is 0 Å². The zero-order chi connectivity index (χ0) is 8.43. The van der Waals surface area contributed by atoms with E-state index in [1.54, 1.807) is 11.3 Å². The minimum atomic E-state index is -0.0139. The molecule has 11 heavy (non-hydrogen) atoms. The Hall–Kier alpha value is -0.150. The number of hydrogen-bond acceptors (Lipinski definition) is 3. The molecule has 0 saturated carbocycles. The van der Waals surface area contributed by atoms with Crippen LogP contribution in [0.3, 0.4) is 0 Å². The molecule has 1 unspecified atom stereocenters. The van der Waals surface area contributed by atoms with E-state index in [1.807, 2.05) is 6.92 Å². The average Bonchev–Trinajstić information content (AvgIpc) is 2.33. The lowest BCUT2D eigenvalue weighted by Crippen LogP contribution is -1.84. The number of halogens is 1.